The van der Waals surface area contributed by atoms with Gasteiger partial charge in [-0.15, -0.1) is 0 Å². The van der Waals surface area contributed by atoms with Crippen molar-refractivity contribution < 1.29 is 26.4 Å². The number of hydrogen-bond donors (Lipinski definition) is 0. The highest BCUT2D eigenvalue weighted by Crippen LogP contribution is 2.19. The van der Waals surface area contributed by atoms with E-state index in [0.29, 0.717) is 0 Å². The fourth-order valence-corrected chi connectivity index (χ4v) is 5.01. The first-order valence-corrected chi connectivity index (χ1v) is 11.8. The summed E-state index contributed by atoms with van der Waals surface area (Å²) in [6.07, 6.45) is 0. The minimum absolute atomic E-state index is 0.494. The van der Waals surface area contributed by atoms with Gasteiger partial charge in [-0.25, -0.2) is 17.6 Å². The maximum Gasteiger partial charge on any atom is 0.224 e. The first-order chi connectivity index (χ1) is 9.01. The maximum absolute atomic E-state index is 14.6. The summed E-state index contributed by atoms with van der Waals surface area (Å²) in [5, 5.41) is -0.988. The van der Waals surface area contributed by atoms with Crippen molar-refractivity contribution in [3.05, 3.63) is 23.3 Å². The van der Waals surface area contributed by atoms with Crippen molar-refractivity contribution in [3.63, 3.8) is 0 Å². The first kappa shape index (κ1) is 17.3. The van der Waals surface area contributed by atoms with Crippen LogP contribution in [0.2, 0.25) is 26.2 Å². The Morgan fingerprint density at radius 1 is 0.600 bits per heavy atom. The molecule has 1 rings (SSSR count). The Balaban J connectivity index is 3.82. The summed E-state index contributed by atoms with van der Waals surface area (Å²) in [6, 6.07) is 0. The van der Waals surface area contributed by atoms with E-state index in [2.05, 4.69) is 0 Å². The van der Waals surface area contributed by atoms with Gasteiger partial charge in [0.05, 0.1) is 0 Å². The molecule has 0 fully saturated rings. The van der Waals surface area contributed by atoms with Crippen LogP contribution in [0, 0.1) is 23.3 Å². The molecule has 2 nitrogen and oxygen atoms in total. The van der Waals surface area contributed by atoms with Gasteiger partial charge in [-0.3, -0.25) is 0 Å². The zero-order valence-electron chi connectivity index (χ0n) is 12.3. The van der Waals surface area contributed by atoms with Crippen molar-refractivity contribution in [2.75, 3.05) is 14.2 Å². The van der Waals surface area contributed by atoms with Crippen LogP contribution in [0.25, 0.3) is 0 Å². The SMILES string of the molecule is CO[Si](C)(C)c1c(F)c(F)c(F)c([Si](C)(C)OC)c1F. The van der Waals surface area contributed by atoms with Crippen LogP contribution in [-0.2, 0) is 8.85 Å². The second-order valence-corrected chi connectivity index (χ2v) is 13.3. The molecule has 0 N–H and O–H groups in total. The molecular weight excluding hydrogens is 308 g/mol. The number of halogens is 4. The fraction of sp³-hybridized carbons (Fsp3) is 0.500. The standard InChI is InChI=1S/C12H18F4O2Si2/c1-17-19(3,4)11-8(14)7(13)9(15)12(10(11)16)20(5,6)18-2/h1-6H3. The van der Waals surface area contributed by atoms with Gasteiger partial charge in [0.1, 0.15) is 5.82 Å². The van der Waals surface area contributed by atoms with Gasteiger partial charge in [0.2, 0.25) is 16.6 Å². The molecule has 0 saturated heterocycles. The molecule has 0 amide bonds. The lowest BCUT2D eigenvalue weighted by molar-refractivity contribution is 0.399. The van der Waals surface area contributed by atoms with E-state index in [0.717, 1.165) is 0 Å². The largest absolute Gasteiger partial charge is 0.416 e. The lowest BCUT2D eigenvalue weighted by Gasteiger charge is -2.27. The minimum atomic E-state index is -3.01. The molecule has 0 aliphatic carbocycles. The smallest absolute Gasteiger partial charge is 0.224 e. The highest BCUT2D eigenvalue weighted by Gasteiger charge is 2.41. The molecule has 1 aromatic carbocycles. The Morgan fingerprint density at radius 2 is 0.900 bits per heavy atom. The van der Waals surface area contributed by atoms with Crippen molar-refractivity contribution in [2.45, 2.75) is 26.2 Å². The van der Waals surface area contributed by atoms with E-state index in [-0.39, 0.29) is 0 Å². The van der Waals surface area contributed by atoms with Gasteiger partial charge in [0, 0.05) is 24.6 Å². The van der Waals surface area contributed by atoms with Crippen molar-refractivity contribution in [3.8, 4) is 0 Å². The quantitative estimate of drug-likeness (QED) is 0.366. The minimum Gasteiger partial charge on any atom is -0.416 e. The third kappa shape index (κ3) is 2.69. The third-order valence-corrected chi connectivity index (χ3v) is 8.82. The van der Waals surface area contributed by atoms with E-state index in [1.807, 2.05) is 0 Å². The van der Waals surface area contributed by atoms with E-state index < -0.39 is 50.3 Å². The molecule has 0 aliphatic rings. The van der Waals surface area contributed by atoms with Crippen molar-refractivity contribution in [1.29, 1.82) is 0 Å². The second-order valence-electron chi connectivity index (χ2n) is 5.43. The summed E-state index contributed by atoms with van der Waals surface area (Å²) >= 11 is 0. The summed E-state index contributed by atoms with van der Waals surface area (Å²) in [7, 11) is -3.43. The molecule has 114 valence electrons. The molecule has 0 aliphatic heterocycles. The summed E-state index contributed by atoms with van der Waals surface area (Å²) in [4.78, 5) is 0. The van der Waals surface area contributed by atoms with Gasteiger partial charge in [0.15, 0.2) is 17.5 Å². The Kier molecular flexibility index (Phi) is 4.85. The predicted molar refractivity (Wildman–Crippen MR) is 74.5 cm³/mol. The highest BCUT2D eigenvalue weighted by molar-refractivity contribution is 6.87. The summed E-state index contributed by atoms with van der Waals surface area (Å²) in [6.45, 7) is 6.04. The Labute approximate surface area is 118 Å². The summed E-state index contributed by atoms with van der Waals surface area (Å²) in [5.74, 6) is -5.78. The third-order valence-electron chi connectivity index (χ3n) is 3.49. The topological polar surface area (TPSA) is 18.5 Å². The van der Waals surface area contributed by atoms with Gasteiger partial charge in [-0.1, -0.05) is 0 Å². The van der Waals surface area contributed by atoms with Crippen LogP contribution in [0.1, 0.15) is 0 Å². The lowest BCUT2D eigenvalue weighted by Crippen LogP contribution is -2.56. The lowest BCUT2D eigenvalue weighted by atomic mass is 10.3. The molecule has 0 saturated carbocycles. The van der Waals surface area contributed by atoms with Crippen LogP contribution in [0.5, 0.6) is 0 Å². The van der Waals surface area contributed by atoms with E-state index in [9.17, 15) is 17.6 Å². The first-order valence-electron chi connectivity index (χ1n) is 5.98. The maximum atomic E-state index is 14.6. The molecule has 0 radical (unpaired) electrons. The number of hydrogen-bond acceptors (Lipinski definition) is 2. The second kappa shape index (κ2) is 5.59. The number of rotatable bonds is 4. The van der Waals surface area contributed by atoms with E-state index >= 15 is 0 Å². The zero-order chi connectivity index (χ0) is 15.9. The molecule has 1 aromatic rings. The average Bonchev–Trinajstić information content (AvgIpc) is 2.35. The molecule has 0 bridgehead atoms. The van der Waals surface area contributed by atoms with E-state index in [1.165, 1.54) is 40.4 Å². The van der Waals surface area contributed by atoms with Crippen LogP contribution >= 0.6 is 0 Å². The zero-order valence-corrected chi connectivity index (χ0v) is 14.3. The molecule has 20 heavy (non-hydrogen) atoms. The molecule has 8 heteroatoms. The van der Waals surface area contributed by atoms with Gasteiger partial charge in [0.25, 0.3) is 0 Å². The Hall–Kier alpha value is -0.706. The van der Waals surface area contributed by atoms with E-state index in [4.69, 9.17) is 8.85 Å². The van der Waals surface area contributed by atoms with Crippen LogP contribution in [0.15, 0.2) is 0 Å². The molecular formula is C12H18F4O2Si2. The van der Waals surface area contributed by atoms with Crippen molar-refractivity contribution in [1.82, 2.24) is 0 Å². The summed E-state index contributed by atoms with van der Waals surface area (Å²) in [5.41, 5.74) is 0. The van der Waals surface area contributed by atoms with Gasteiger partial charge in [-0.2, -0.15) is 0 Å². The molecule has 0 spiro atoms. The molecule has 0 aromatic heterocycles. The highest BCUT2D eigenvalue weighted by atomic mass is 28.4. The molecule has 0 unspecified atom stereocenters. The predicted octanol–water partition coefficient (Wildman–Crippen LogP) is 2.36. The number of benzene rings is 1. The van der Waals surface area contributed by atoms with Crippen LogP contribution in [0.3, 0.4) is 0 Å². The monoisotopic (exact) mass is 326 g/mol. The normalized spacial score (nSPS) is 12.9. The summed E-state index contributed by atoms with van der Waals surface area (Å²) < 4.78 is 66.5. The average molecular weight is 326 g/mol. The van der Waals surface area contributed by atoms with Crippen molar-refractivity contribution in [2.24, 2.45) is 0 Å². The Morgan fingerprint density at radius 3 is 1.15 bits per heavy atom. The molecule has 0 heterocycles. The van der Waals surface area contributed by atoms with Crippen LogP contribution in [-0.4, -0.2) is 30.9 Å². The van der Waals surface area contributed by atoms with Gasteiger partial charge < -0.3 is 8.85 Å². The van der Waals surface area contributed by atoms with E-state index in [1.54, 1.807) is 0 Å². The Bertz CT molecular complexity index is 490. The fourth-order valence-electron chi connectivity index (χ4n) is 1.89. The van der Waals surface area contributed by atoms with Crippen molar-refractivity contribution >= 4 is 27.0 Å². The van der Waals surface area contributed by atoms with Crippen LogP contribution in [0.4, 0.5) is 17.6 Å². The molecule has 0 atom stereocenters. The van der Waals surface area contributed by atoms with Crippen LogP contribution < -0.4 is 10.4 Å². The van der Waals surface area contributed by atoms with Gasteiger partial charge >= 0.3 is 0 Å². The van der Waals surface area contributed by atoms with Gasteiger partial charge in [-0.05, 0) is 26.2 Å².